The van der Waals surface area contributed by atoms with Crippen LogP contribution in [0.3, 0.4) is 0 Å². The average molecular weight is 265 g/mol. The summed E-state index contributed by atoms with van der Waals surface area (Å²) in [6.45, 7) is 4.30. The van der Waals surface area contributed by atoms with E-state index >= 15 is 0 Å². The summed E-state index contributed by atoms with van der Waals surface area (Å²) in [4.78, 5) is 0. The Kier molecular flexibility index (Phi) is 9.78. The van der Waals surface area contributed by atoms with Gasteiger partial charge in [0.1, 0.15) is 0 Å². The van der Waals surface area contributed by atoms with E-state index < -0.39 is 10.4 Å². The van der Waals surface area contributed by atoms with Gasteiger partial charge in [0.15, 0.2) is 0 Å². The minimum absolute atomic E-state index is 0.0535. The highest BCUT2D eigenvalue weighted by molar-refractivity contribution is 7.80. The van der Waals surface area contributed by atoms with Crippen molar-refractivity contribution in [3.05, 3.63) is 0 Å². The topological polar surface area (TPSA) is 66.4 Å². The van der Waals surface area contributed by atoms with Crippen molar-refractivity contribution in [2.75, 3.05) is 6.61 Å². The lowest BCUT2D eigenvalue weighted by molar-refractivity contribution is 0.201. The molecule has 0 bridgehead atoms. The zero-order valence-corrected chi connectivity index (χ0v) is 11.8. The van der Waals surface area contributed by atoms with Crippen LogP contribution in [0.25, 0.3) is 0 Å². The highest BCUT2D eigenvalue weighted by Crippen LogP contribution is 2.18. The van der Waals surface area contributed by atoms with Crippen molar-refractivity contribution in [1.82, 2.24) is 0 Å². The second kappa shape index (κ2) is 9.85. The van der Waals surface area contributed by atoms with Crippen LogP contribution in [0.5, 0.6) is 0 Å². The van der Waals surface area contributed by atoms with Gasteiger partial charge in [-0.3, -0.25) is 4.18 Å². The molecule has 0 aromatic rings. The van der Waals surface area contributed by atoms with Gasteiger partial charge in [-0.2, -0.15) is 0 Å². The molecule has 104 valence electrons. The summed E-state index contributed by atoms with van der Waals surface area (Å²) in [5.74, 6) is 0.204. The molecule has 17 heavy (non-hydrogen) atoms. The molecule has 0 fully saturated rings. The standard InChI is InChI=1S/C12H26O4S/c1-3-5-7-8-10-12(9-6-4-2)11-16-17(13,14)15/h12H,3-11H2,1-2H3,(H,13,14,15)/p-1. The summed E-state index contributed by atoms with van der Waals surface area (Å²) < 4.78 is 35.6. The fraction of sp³-hybridized carbons (Fsp3) is 1.00. The first kappa shape index (κ1) is 16.9. The van der Waals surface area contributed by atoms with Crippen LogP contribution in [0, 0.1) is 5.92 Å². The van der Waals surface area contributed by atoms with Gasteiger partial charge in [0.05, 0.1) is 6.61 Å². The molecule has 0 aliphatic carbocycles. The van der Waals surface area contributed by atoms with Gasteiger partial charge >= 0.3 is 0 Å². The highest BCUT2D eigenvalue weighted by atomic mass is 32.3. The first-order valence-corrected chi connectivity index (χ1v) is 7.93. The molecule has 1 unspecified atom stereocenters. The maximum atomic E-state index is 10.4. The third-order valence-corrected chi connectivity index (χ3v) is 3.30. The second-order valence-corrected chi connectivity index (χ2v) is 5.60. The van der Waals surface area contributed by atoms with Crippen molar-refractivity contribution < 1.29 is 17.2 Å². The average Bonchev–Trinajstić information content (AvgIpc) is 2.25. The van der Waals surface area contributed by atoms with Crippen LogP contribution in [0.2, 0.25) is 0 Å². The van der Waals surface area contributed by atoms with Crippen molar-refractivity contribution in [3.63, 3.8) is 0 Å². The summed E-state index contributed by atoms with van der Waals surface area (Å²) in [5.41, 5.74) is 0. The minimum atomic E-state index is -4.53. The number of unbranched alkanes of at least 4 members (excludes halogenated alkanes) is 4. The van der Waals surface area contributed by atoms with Crippen LogP contribution >= 0.6 is 0 Å². The third kappa shape index (κ3) is 12.1. The van der Waals surface area contributed by atoms with Gasteiger partial charge in [0, 0.05) is 0 Å². The van der Waals surface area contributed by atoms with Crippen LogP contribution in [0.1, 0.15) is 65.2 Å². The highest BCUT2D eigenvalue weighted by Gasteiger charge is 2.10. The van der Waals surface area contributed by atoms with Crippen molar-refractivity contribution in [1.29, 1.82) is 0 Å². The summed E-state index contributed by atoms with van der Waals surface area (Å²) >= 11 is 0. The van der Waals surface area contributed by atoms with Crippen LogP contribution in [-0.4, -0.2) is 19.6 Å². The van der Waals surface area contributed by atoms with E-state index in [0.717, 1.165) is 32.1 Å². The molecule has 0 aromatic heterocycles. The number of hydrogen-bond donors (Lipinski definition) is 0. The monoisotopic (exact) mass is 265 g/mol. The molecule has 0 rings (SSSR count). The number of rotatable bonds is 11. The molecule has 5 heteroatoms. The Morgan fingerprint density at radius 1 is 1.00 bits per heavy atom. The quantitative estimate of drug-likeness (QED) is 0.327. The van der Waals surface area contributed by atoms with E-state index in [1.54, 1.807) is 0 Å². The van der Waals surface area contributed by atoms with Crippen LogP contribution in [0.15, 0.2) is 0 Å². The molecule has 0 amide bonds. The molecule has 0 aliphatic heterocycles. The van der Waals surface area contributed by atoms with E-state index in [-0.39, 0.29) is 12.5 Å². The maximum Gasteiger partial charge on any atom is 0.217 e. The lowest BCUT2D eigenvalue weighted by Gasteiger charge is -2.17. The van der Waals surface area contributed by atoms with E-state index in [2.05, 4.69) is 18.0 Å². The van der Waals surface area contributed by atoms with Crippen LogP contribution < -0.4 is 0 Å². The lowest BCUT2D eigenvalue weighted by Crippen LogP contribution is -2.14. The smallest absolute Gasteiger partial charge is 0.217 e. The zero-order valence-electron chi connectivity index (χ0n) is 11.0. The van der Waals surface area contributed by atoms with Gasteiger partial charge in [0.25, 0.3) is 0 Å². The zero-order chi connectivity index (χ0) is 13.1. The van der Waals surface area contributed by atoms with E-state index in [4.69, 9.17) is 0 Å². The van der Waals surface area contributed by atoms with Gasteiger partial charge in [-0.15, -0.1) is 0 Å². The molecule has 0 aliphatic rings. The normalized spacial score (nSPS) is 13.8. The van der Waals surface area contributed by atoms with Crippen LogP contribution in [-0.2, 0) is 14.6 Å². The molecule has 0 heterocycles. The Morgan fingerprint density at radius 3 is 2.12 bits per heavy atom. The van der Waals surface area contributed by atoms with Gasteiger partial charge in [-0.25, -0.2) is 8.42 Å². The molecule has 0 saturated carbocycles. The van der Waals surface area contributed by atoms with Gasteiger partial charge in [0.2, 0.25) is 10.4 Å². The minimum Gasteiger partial charge on any atom is -0.726 e. The van der Waals surface area contributed by atoms with Crippen molar-refractivity contribution in [2.24, 2.45) is 5.92 Å². The molecule has 4 nitrogen and oxygen atoms in total. The van der Waals surface area contributed by atoms with Gasteiger partial charge in [-0.05, 0) is 18.8 Å². The van der Waals surface area contributed by atoms with Crippen molar-refractivity contribution in [3.8, 4) is 0 Å². The van der Waals surface area contributed by atoms with E-state index in [9.17, 15) is 13.0 Å². The first-order chi connectivity index (χ1) is 7.99. The fourth-order valence-electron chi connectivity index (χ4n) is 1.84. The lowest BCUT2D eigenvalue weighted by atomic mass is 9.96. The van der Waals surface area contributed by atoms with Crippen LogP contribution in [0.4, 0.5) is 0 Å². The molecule has 0 saturated heterocycles. The summed E-state index contributed by atoms with van der Waals surface area (Å²) in [6.07, 6.45) is 8.68. The maximum absolute atomic E-state index is 10.4. The Hall–Kier alpha value is -0.130. The van der Waals surface area contributed by atoms with Gasteiger partial charge < -0.3 is 4.55 Å². The molecule has 1 atom stereocenters. The number of hydrogen-bond acceptors (Lipinski definition) is 4. The molecule has 0 spiro atoms. The summed E-state index contributed by atoms with van der Waals surface area (Å²) in [7, 11) is -4.53. The Balaban J connectivity index is 3.87. The second-order valence-electron chi connectivity index (χ2n) is 4.55. The Bertz CT molecular complexity index is 262. The largest absolute Gasteiger partial charge is 0.726 e. The molecule has 0 N–H and O–H groups in total. The van der Waals surface area contributed by atoms with E-state index in [1.165, 1.54) is 19.3 Å². The van der Waals surface area contributed by atoms with Crippen molar-refractivity contribution in [2.45, 2.75) is 65.2 Å². The third-order valence-electron chi connectivity index (χ3n) is 2.88. The van der Waals surface area contributed by atoms with E-state index in [1.807, 2.05) is 0 Å². The molecule has 0 aromatic carbocycles. The molecular formula is C12H25O4S-. The van der Waals surface area contributed by atoms with Gasteiger partial charge in [-0.1, -0.05) is 52.4 Å². The predicted molar refractivity (Wildman–Crippen MR) is 67.4 cm³/mol. The first-order valence-electron chi connectivity index (χ1n) is 6.59. The SMILES string of the molecule is CCCCCCC(CCCC)COS(=O)(=O)[O-]. The Morgan fingerprint density at radius 2 is 1.59 bits per heavy atom. The van der Waals surface area contributed by atoms with E-state index in [0.29, 0.717) is 0 Å². The summed E-state index contributed by atoms with van der Waals surface area (Å²) in [5, 5.41) is 0. The fourth-order valence-corrected chi connectivity index (χ4v) is 2.20. The van der Waals surface area contributed by atoms with Crippen molar-refractivity contribution >= 4 is 10.4 Å². The molecular weight excluding hydrogens is 240 g/mol. The summed E-state index contributed by atoms with van der Waals surface area (Å²) in [6, 6.07) is 0. The Labute approximate surface area is 106 Å². The predicted octanol–water partition coefficient (Wildman–Crippen LogP) is 3.24. The molecule has 0 radical (unpaired) electrons.